The molecule has 13 heavy (non-hydrogen) atoms. The van der Waals surface area contributed by atoms with Crippen molar-refractivity contribution < 1.29 is 0 Å². The van der Waals surface area contributed by atoms with Crippen LogP contribution < -0.4 is 5.32 Å². The molecule has 0 amide bonds. The van der Waals surface area contributed by atoms with Gasteiger partial charge in [0.25, 0.3) is 0 Å². The van der Waals surface area contributed by atoms with Gasteiger partial charge >= 0.3 is 0 Å². The summed E-state index contributed by atoms with van der Waals surface area (Å²) in [6.45, 7) is 12.2. The minimum absolute atomic E-state index is 0.651. The average molecular weight is 181 g/mol. The molecule has 2 rings (SSSR count). The second-order valence-corrected chi connectivity index (χ2v) is 5.73. The quantitative estimate of drug-likeness (QED) is 0.690. The Morgan fingerprint density at radius 2 is 1.46 bits per heavy atom. The van der Waals surface area contributed by atoms with Gasteiger partial charge in [0, 0.05) is 18.5 Å². The molecule has 0 aromatic heterocycles. The third-order valence-corrected chi connectivity index (χ3v) is 4.99. The van der Waals surface area contributed by atoms with Gasteiger partial charge in [-0.25, -0.2) is 0 Å². The SMILES string of the molecule is CC(C)C1(C(C)C)CCC12CNC2. The van der Waals surface area contributed by atoms with Gasteiger partial charge in [0.2, 0.25) is 0 Å². The van der Waals surface area contributed by atoms with E-state index < -0.39 is 0 Å². The van der Waals surface area contributed by atoms with Crippen LogP contribution in [0.15, 0.2) is 0 Å². The Balaban J connectivity index is 2.24. The van der Waals surface area contributed by atoms with Crippen LogP contribution in [0.1, 0.15) is 40.5 Å². The predicted octanol–water partition coefficient (Wildman–Crippen LogP) is 2.67. The molecule has 1 heterocycles. The summed E-state index contributed by atoms with van der Waals surface area (Å²) in [4.78, 5) is 0. The van der Waals surface area contributed by atoms with Gasteiger partial charge in [-0.15, -0.1) is 0 Å². The molecule has 0 aromatic rings. The van der Waals surface area contributed by atoms with Crippen molar-refractivity contribution in [3.8, 4) is 0 Å². The standard InChI is InChI=1S/C12H23N/c1-9(2)12(10(3)4)6-5-11(12)7-13-8-11/h9-10,13H,5-8H2,1-4H3. The van der Waals surface area contributed by atoms with Gasteiger partial charge in [-0.05, 0) is 30.1 Å². The zero-order valence-electron chi connectivity index (χ0n) is 9.48. The summed E-state index contributed by atoms with van der Waals surface area (Å²) >= 11 is 0. The van der Waals surface area contributed by atoms with Crippen LogP contribution >= 0.6 is 0 Å². The lowest BCUT2D eigenvalue weighted by Gasteiger charge is -2.69. The molecule has 0 atom stereocenters. The molecule has 1 N–H and O–H groups in total. The van der Waals surface area contributed by atoms with Crippen molar-refractivity contribution in [1.82, 2.24) is 5.32 Å². The Kier molecular flexibility index (Phi) is 1.99. The second kappa shape index (κ2) is 2.73. The third kappa shape index (κ3) is 0.918. The molecule has 1 aliphatic carbocycles. The molecule has 0 aromatic carbocycles. The van der Waals surface area contributed by atoms with E-state index in [1.807, 2.05) is 0 Å². The van der Waals surface area contributed by atoms with Gasteiger partial charge in [0.05, 0.1) is 0 Å². The Bertz CT molecular complexity index is 188. The lowest BCUT2D eigenvalue weighted by molar-refractivity contribution is -0.177. The van der Waals surface area contributed by atoms with Gasteiger partial charge in [0.15, 0.2) is 0 Å². The number of hydrogen-bond donors (Lipinski definition) is 1. The Morgan fingerprint density at radius 1 is 0.923 bits per heavy atom. The van der Waals surface area contributed by atoms with E-state index in [4.69, 9.17) is 0 Å². The second-order valence-electron chi connectivity index (χ2n) is 5.73. The highest BCUT2D eigenvalue weighted by Gasteiger charge is 2.63. The van der Waals surface area contributed by atoms with E-state index in [9.17, 15) is 0 Å². The average Bonchev–Trinajstić information content (AvgIpc) is 1.78. The Hall–Kier alpha value is -0.0400. The maximum atomic E-state index is 3.47. The van der Waals surface area contributed by atoms with E-state index in [1.165, 1.54) is 25.9 Å². The zero-order valence-corrected chi connectivity index (χ0v) is 9.48. The van der Waals surface area contributed by atoms with E-state index in [1.54, 1.807) is 0 Å². The van der Waals surface area contributed by atoms with Crippen molar-refractivity contribution in [1.29, 1.82) is 0 Å². The lowest BCUT2D eigenvalue weighted by atomic mass is 9.39. The van der Waals surface area contributed by atoms with Gasteiger partial charge in [-0.3, -0.25) is 0 Å². The first-order valence-corrected chi connectivity index (χ1v) is 5.76. The minimum atomic E-state index is 0.651. The minimum Gasteiger partial charge on any atom is -0.315 e. The Labute approximate surface area is 82.3 Å². The summed E-state index contributed by atoms with van der Waals surface area (Å²) in [6.07, 6.45) is 2.93. The predicted molar refractivity (Wildman–Crippen MR) is 56.6 cm³/mol. The van der Waals surface area contributed by atoms with Crippen molar-refractivity contribution in [3.05, 3.63) is 0 Å². The van der Waals surface area contributed by atoms with E-state index in [2.05, 4.69) is 33.0 Å². The highest BCUT2D eigenvalue weighted by molar-refractivity contribution is 5.15. The van der Waals surface area contributed by atoms with Crippen LogP contribution in [0.3, 0.4) is 0 Å². The fourth-order valence-corrected chi connectivity index (χ4v) is 4.17. The molecule has 0 bridgehead atoms. The van der Waals surface area contributed by atoms with Crippen LogP contribution in [0.4, 0.5) is 0 Å². The molecule has 1 saturated heterocycles. The van der Waals surface area contributed by atoms with Gasteiger partial charge in [-0.1, -0.05) is 27.7 Å². The summed E-state index contributed by atoms with van der Waals surface area (Å²) in [5.74, 6) is 1.70. The molecule has 2 aliphatic rings. The molecule has 1 heteroatoms. The fraction of sp³-hybridized carbons (Fsp3) is 1.00. The van der Waals surface area contributed by atoms with Crippen molar-refractivity contribution >= 4 is 0 Å². The molecule has 1 nitrogen and oxygen atoms in total. The first-order chi connectivity index (χ1) is 6.05. The summed E-state index contributed by atoms with van der Waals surface area (Å²) < 4.78 is 0. The molecule has 2 fully saturated rings. The molecule has 0 radical (unpaired) electrons. The van der Waals surface area contributed by atoms with Crippen LogP contribution in [0, 0.1) is 22.7 Å². The van der Waals surface area contributed by atoms with Crippen molar-refractivity contribution in [2.45, 2.75) is 40.5 Å². The van der Waals surface area contributed by atoms with E-state index in [0.29, 0.717) is 10.8 Å². The van der Waals surface area contributed by atoms with E-state index in [-0.39, 0.29) is 0 Å². The molecule has 0 unspecified atom stereocenters. The van der Waals surface area contributed by atoms with Crippen molar-refractivity contribution in [3.63, 3.8) is 0 Å². The number of hydrogen-bond acceptors (Lipinski definition) is 1. The molecule has 76 valence electrons. The first-order valence-electron chi connectivity index (χ1n) is 5.76. The highest BCUT2D eigenvalue weighted by atomic mass is 15.0. The van der Waals surface area contributed by atoms with Crippen LogP contribution in [-0.2, 0) is 0 Å². The first kappa shape index (κ1) is 9.51. The molecular formula is C12H23N. The summed E-state index contributed by atoms with van der Waals surface area (Å²) in [6, 6.07) is 0. The normalized spacial score (nSPS) is 29.1. The van der Waals surface area contributed by atoms with Crippen molar-refractivity contribution in [2.24, 2.45) is 22.7 Å². The summed E-state index contributed by atoms with van der Waals surface area (Å²) in [7, 11) is 0. The number of nitrogens with one attached hydrogen (secondary N) is 1. The fourth-order valence-electron chi connectivity index (χ4n) is 4.17. The highest BCUT2D eigenvalue weighted by Crippen LogP contribution is 2.66. The molecule has 1 saturated carbocycles. The molecular weight excluding hydrogens is 158 g/mol. The summed E-state index contributed by atoms with van der Waals surface area (Å²) in [5.41, 5.74) is 1.34. The van der Waals surface area contributed by atoms with E-state index >= 15 is 0 Å². The zero-order chi connectivity index (χ0) is 9.69. The van der Waals surface area contributed by atoms with Crippen LogP contribution in [0.5, 0.6) is 0 Å². The molecule has 1 spiro atoms. The molecule has 1 aliphatic heterocycles. The maximum Gasteiger partial charge on any atom is 0.00258 e. The lowest BCUT2D eigenvalue weighted by Crippen LogP contribution is -2.71. The maximum absolute atomic E-state index is 3.47. The third-order valence-electron chi connectivity index (χ3n) is 4.99. The monoisotopic (exact) mass is 181 g/mol. The van der Waals surface area contributed by atoms with Crippen LogP contribution in [-0.4, -0.2) is 13.1 Å². The summed E-state index contributed by atoms with van der Waals surface area (Å²) in [5, 5.41) is 3.47. The van der Waals surface area contributed by atoms with Gasteiger partial charge in [0.1, 0.15) is 0 Å². The van der Waals surface area contributed by atoms with Gasteiger partial charge in [-0.2, -0.15) is 0 Å². The van der Waals surface area contributed by atoms with Crippen molar-refractivity contribution in [2.75, 3.05) is 13.1 Å². The topological polar surface area (TPSA) is 12.0 Å². The van der Waals surface area contributed by atoms with Gasteiger partial charge < -0.3 is 5.32 Å². The Morgan fingerprint density at radius 3 is 1.54 bits per heavy atom. The number of rotatable bonds is 2. The van der Waals surface area contributed by atoms with Crippen LogP contribution in [0.2, 0.25) is 0 Å². The van der Waals surface area contributed by atoms with Crippen LogP contribution in [0.25, 0.3) is 0 Å². The largest absolute Gasteiger partial charge is 0.315 e. The van der Waals surface area contributed by atoms with E-state index in [0.717, 1.165) is 11.8 Å². The smallest absolute Gasteiger partial charge is 0.00258 e.